The fourth-order valence-corrected chi connectivity index (χ4v) is 3.75. The molecular formula is C16H28N2S. The molecule has 1 saturated heterocycles. The Morgan fingerprint density at radius 2 is 2.00 bits per heavy atom. The van der Waals surface area contributed by atoms with Crippen molar-refractivity contribution in [3.63, 3.8) is 0 Å². The molecule has 0 saturated carbocycles. The molecule has 2 atom stereocenters. The summed E-state index contributed by atoms with van der Waals surface area (Å²) in [7, 11) is 0. The third-order valence-corrected chi connectivity index (χ3v) is 5.41. The van der Waals surface area contributed by atoms with Crippen LogP contribution in [0.1, 0.15) is 49.4 Å². The molecule has 3 heteroatoms. The van der Waals surface area contributed by atoms with Gasteiger partial charge in [0.2, 0.25) is 0 Å². The minimum absolute atomic E-state index is 0.492. The van der Waals surface area contributed by atoms with Gasteiger partial charge in [0.15, 0.2) is 0 Å². The Morgan fingerprint density at radius 3 is 2.63 bits per heavy atom. The minimum Gasteiger partial charge on any atom is -0.309 e. The summed E-state index contributed by atoms with van der Waals surface area (Å²) in [4.78, 5) is 5.58. The van der Waals surface area contributed by atoms with Crippen molar-refractivity contribution >= 4 is 11.3 Å². The summed E-state index contributed by atoms with van der Waals surface area (Å²) in [6, 6.07) is 5.05. The van der Waals surface area contributed by atoms with Crippen molar-refractivity contribution in [3.05, 3.63) is 21.9 Å². The molecule has 1 aromatic rings. The smallest absolute Gasteiger partial charge is 0.0386 e. The Hall–Kier alpha value is -0.380. The Bertz CT molecular complexity index is 369. The molecule has 0 aliphatic carbocycles. The Kier molecular flexibility index (Phi) is 5.86. The fraction of sp³-hybridized carbons (Fsp3) is 0.750. The molecule has 108 valence electrons. The van der Waals surface area contributed by atoms with Gasteiger partial charge in [0.05, 0.1) is 0 Å². The summed E-state index contributed by atoms with van der Waals surface area (Å²) in [6.07, 6.45) is 3.94. The summed E-state index contributed by atoms with van der Waals surface area (Å²) < 4.78 is 0. The fourth-order valence-electron chi connectivity index (χ4n) is 2.77. The van der Waals surface area contributed by atoms with Crippen LogP contribution in [-0.2, 0) is 6.42 Å². The number of thiophene rings is 1. The van der Waals surface area contributed by atoms with Gasteiger partial charge < -0.3 is 10.2 Å². The molecular weight excluding hydrogens is 252 g/mol. The first-order valence-electron chi connectivity index (χ1n) is 7.73. The molecule has 1 N–H and O–H groups in total. The van der Waals surface area contributed by atoms with Crippen molar-refractivity contribution < 1.29 is 0 Å². The van der Waals surface area contributed by atoms with Gasteiger partial charge in [-0.25, -0.2) is 0 Å². The Labute approximate surface area is 122 Å². The second kappa shape index (κ2) is 7.41. The molecule has 0 aromatic carbocycles. The van der Waals surface area contributed by atoms with Crippen LogP contribution >= 0.6 is 11.3 Å². The first kappa shape index (κ1) is 15.0. The predicted molar refractivity (Wildman–Crippen MR) is 85.0 cm³/mol. The standard InChI is InChI=1S/C16H28N2S/c1-4-15-7-8-16(19-15)14(3)17-11-13(2)12-18-9-5-6-10-18/h7-8,13-14,17H,4-6,9-12H2,1-3H3. The zero-order valence-corrected chi connectivity index (χ0v) is 13.4. The van der Waals surface area contributed by atoms with Gasteiger partial charge in [-0.15, -0.1) is 11.3 Å². The highest BCUT2D eigenvalue weighted by molar-refractivity contribution is 7.12. The van der Waals surface area contributed by atoms with Gasteiger partial charge in [-0.05, 0) is 63.9 Å². The number of rotatable bonds is 7. The van der Waals surface area contributed by atoms with Crippen molar-refractivity contribution in [2.24, 2.45) is 5.92 Å². The zero-order chi connectivity index (χ0) is 13.7. The molecule has 2 rings (SSSR count). The maximum Gasteiger partial charge on any atom is 0.0386 e. The van der Waals surface area contributed by atoms with Gasteiger partial charge in [-0.1, -0.05) is 13.8 Å². The lowest BCUT2D eigenvalue weighted by Crippen LogP contribution is -2.32. The normalized spacial score (nSPS) is 19.7. The maximum atomic E-state index is 3.69. The molecule has 0 amide bonds. The summed E-state index contributed by atoms with van der Waals surface area (Å²) in [6.45, 7) is 11.9. The van der Waals surface area contributed by atoms with Crippen LogP contribution in [0, 0.1) is 5.92 Å². The summed E-state index contributed by atoms with van der Waals surface area (Å²) >= 11 is 1.95. The predicted octanol–water partition coefficient (Wildman–Crippen LogP) is 3.69. The van der Waals surface area contributed by atoms with Crippen molar-refractivity contribution in [1.29, 1.82) is 0 Å². The van der Waals surface area contributed by atoms with Crippen molar-refractivity contribution in [3.8, 4) is 0 Å². The van der Waals surface area contributed by atoms with E-state index in [9.17, 15) is 0 Å². The van der Waals surface area contributed by atoms with Crippen molar-refractivity contribution in [2.75, 3.05) is 26.2 Å². The number of nitrogens with one attached hydrogen (secondary N) is 1. The third-order valence-electron chi connectivity index (χ3n) is 4.00. The van der Waals surface area contributed by atoms with E-state index in [0.717, 1.165) is 18.9 Å². The van der Waals surface area contributed by atoms with Crippen LogP contribution in [0.3, 0.4) is 0 Å². The van der Waals surface area contributed by atoms with Crippen LogP contribution < -0.4 is 5.32 Å². The first-order valence-corrected chi connectivity index (χ1v) is 8.55. The van der Waals surface area contributed by atoms with Gasteiger partial charge >= 0.3 is 0 Å². The largest absolute Gasteiger partial charge is 0.309 e. The lowest BCUT2D eigenvalue weighted by molar-refractivity contribution is 0.279. The highest BCUT2D eigenvalue weighted by atomic mass is 32.1. The monoisotopic (exact) mass is 280 g/mol. The second-order valence-electron chi connectivity index (χ2n) is 5.90. The van der Waals surface area contributed by atoms with E-state index in [1.807, 2.05) is 11.3 Å². The summed E-state index contributed by atoms with van der Waals surface area (Å²) in [5, 5.41) is 3.69. The lowest BCUT2D eigenvalue weighted by atomic mass is 10.1. The second-order valence-corrected chi connectivity index (χ2v) is 7.10. The van der Waals surface area contributed by atoms with E-state index in [2.05, 4.69) is 43.1 Å². The molecule has 0 spiro atoms. The number of hydrogen-bond acceptors (Lipinski definition) is 3. The van der Waals surface area contributed by atoms with Crippen LogP contribution in [-0.4, -0.2) is 31.1 Å². The summed E-state index contributed by atoms with van der Waals surface area (Å²) in [5.74, 6) is 0.742. The molecule has 2 heterocycles. The average Bonchev–Trinajstić information content (AvgIpc) is 3.06. The van der Waals surface area contributed by atoms with Crippen LogP contribution in [0.4, 0.5) is 0 Å². The van der Waals surface area contributed by atoms with Gasteiger partial charge in [0, 0.05) is 22.3 Å². The lowest BCUT2D eigenvalue weighted by Gasteiger charge is -2.22. The van der Waals surface area contributed by atoms with Gasteiger partial charge in [-0.2, -0.15) is 0 Å². The van der Waals surface area contributed by atoms with Gasteiger partial charge in [-0.3, -0.25) is 0 Å². The Morgan fingerprint density at radius 1 is 1.26 bits per heavy atom. The molecule has 19 heavy (non-hydrogen) atoms. The van der Waals surface area contributed by atoms with Crippen LogP contribution in [0.2, 0.25) is 0 Å². The maximum absolute atomic E-state index is 3.69. The molecule has 0 radical (unpaired) electrons. The third kappa shape index (κ3) is 4.59. The van der Waals surface area contributed by atoms with E-state index in [1.54, 1.807) is 0 Å². The topological polar surface area (TPSA) is 15.3 Å². The van der Waals surface area contributed by atoms with Crippen molar-refractivity contribution in [2.45, 2.75) is 46.1 Å². The quantitative estimate of drug-likeness (QED) is 0.819. The van der Waals surface area contributed by atoms with Crippen LogP contribution in [0.5, 0.6) is 0 Å². The molecule has 1 aromatic heterocycles. The number of nitrogens with zero attached hydrogens (tertiary/aromatic N) is 1. The number of likely N-dealkylation sites (tertiary alicyclic amines) is 1. The van der Waals surface area contributed by atoms with E-state index in [-0.39, 0.29) is 0 Å². The van der Waals surface area contributed by atoms with E-state index in [1.165, 1.54) is 42.2 Å². The van der Waals surface area contributed by atoms with E-state index in [0.29, 0.717) is 6.04 Å². The number of hydrogen-bond donors (Lipinski definition) is 1. The summed E-state index contributed by atoms with van der Waals surface area (Å²) in [5.41, 5.74) is 0. The molecule has 2 nitrogen and oxygen atoms in total. The van der Waals surface area contributed by atoms with E-state index in [4.69, 9.17) is 0 Å². The molecule has 1 fully saturated rings. The molecule has 1 aliphatic heterocycles. The van der Waals surface area contributed by atoms with Crippen LogP contribution in [0.15, 0.2) is 12.1 Å². The molecule has 1 aliphatic rings. The van der Waals surface area contributed by atoms with E-state index < -0.39 is 0 Å². The highest BCUT2D eigenvalue weighted by Crippen LogP contribution is 2.23. The zero-order valence-electron chi connectivity index (χ0n) is 12.6. The Balaban J connectivity index is 1.71. The number of aryl methyl sites for hydroxylation is 1. The van der Waals surface area contributed by atoms with Crippen molar-refractivity contribution in [1.82, 2.24) is 10.2 Å². The first-order chi connectivity index (χ1) is 9.19. The van der Waals surface area contributed by atoms with Gasteiger partial charge in [0.25, 0.3) is 0 Å². The average molecular weight is 280 g/mol. The van der Waals surface area contributed by atoms with E-state index >= 15 is 0 Å². The SMILES string of the molecule is CCc1ccc(C(C)NCC(C)CN2CCCC2)s1. The van der Waals surface area contributed by atoms with Gasteiger partial charge in [0.1, 0.15) is 0 Å². The molecule has 0 bridgehead atoms. The minimum atomic E-state index is 0.492. The molecule has 2 unspecified atom stereocenters. The van der Waals surface area contributed by atoms with Crippen LogP contribution in [0.25, 0.3) is 0 Å². The highest BCUT2D eigenvalue weighted by Gasteiger charge is 2.15.